The first kappa shape index (κ1) is 15.8. The summed E-state index contributed by atoms with van der Waals surface area (Å²) in [6, 6.07) is 10.7. The summed E-state index contributed by atoms with van der Waals surface area (Å²) in [7, 11) is 0. The van der Waals surface area contributed by atoms with Crippen LogP contribution in [0.25, 0.3) is 0 Å². The third-order valence-electron chi connectivity index (χ3n) is 3.17. The summed E-state index contributed by atoms with van der Waals surface area (Å²) in [5.74, 6) is 5.80. The van der Waals surface area contributed by atoms with Gasteiger partial charge in [0, 0.05) is 18.7 Å². The highest BCUT2D eigenvalue weighted by atomic mass is 16.5. The van der Waals surface area contributed by atoms with Crippen molar-refractivity contribution in [1.82, 2.24) is 4.68 Å². The highest BCUT2D eigenvalue weighted by molar-refractivity contribution is 5.97. The maximum absolute atomic E-state index is 12.3. The van der Waals surface area contributed by atoms with Crippen molar-refractivity contribution in [1.29, 1.82) is 0 Å². The first-order chi connectivity index (χ1) is 10.5. The topological polar surface area (TPSA) is 74.3 Å². The molecule has 0 aliphatic heterocycles. The van der Waals surface area contributed by atoms with Crippen LogP contribution >= 0.6 is 0 Å². The summed E-state index contributed by atoms with van der Waals surface area (Å²) < 4.78 is 6.76. The lowest BCUT2D eigenvalue weighted by atomic mass is 10.0. The van der Waals surface area contributed by atoms with E-state index >= 15 is 0 Å². The van der Waals surface area contributed by atoms with Gasteiger partial charge in [0.1, 0.15) is 6.61 Å². The second kappa shape index (κ2) is 6.93. The number of carbonyl (C=O) groups is 1. The molecule has 0 fully saturated rings. The number of nitrogens with zero attached hydrogens (tertiary/aromatic N) is 1. The van der Waals surface area contributed by atoms with Gasteiger partial charge in [0.15, 0.2) is 17.2 Å². The quantitative estimate of drug-likeness (QED) is 0.656. The number of rotatable bonds is 6. The van der Waals surface area contributed by atoms with Crippen molar-refractivity contribution in [2.45, 2.75) is 26.9 Å². The Morgan fingerprint density at radius 2 is 1.91 bits per heavy atom. The third-order valence-corrected chi connectivity index (χ3v) is 3.17. The lowest BCUT2D eigenvalue weighted by Gasteiger charge is -2.14. The minimum absolute atomic E-state index is 0.0134. The molecule has 0 bridgehead atoms. The monoisotopic (exact) mass is 300 g/mol. The fourth-order valence-electron chi connectivity index (χ4n) is 2.14. The summed E-state index contributed by atoms with van der Waals surface area (Å²) in [6.07, 6.45) is 1.69. The third kappa shape index (κ3) is 3.75. The second-order valence-electron chi connectivity index (χ2n) is 5.56. The fraction of sp³-hybridized carbons (Fsp3) is 0.294. The fourth-order valence-corrected chi connectivity index (χ4v) is 2.14. The maximum atomic E-state index is 12.3. The number of carbonyl (C=O) groups excluding carboxylic acids is 1. The van der Waals surface area contributed by atoms with Crippen LogP contribution in [0.15, 0.2) is 47.4 Å². The van der Waals surface area contributed by atoms with Gasteiger partial charge >= 0.3 is 0 Å². The zero-order valence-corrected chi connectivity index (χ0v) is 12.8. The Labute approximate surface area is 129 Å². The van der Waals surface area contributed by atoms with Gasteiger partial charge in [0.25, 0.3) is 0 Å². The minimum atomic E-state index is -0.343. The molecule has 5 nitrogen and oxygen atoms in total. The van der Waals surface area contributed by atoms with Gasteiger partial charge in [-0.1, -0.05) is 44.2 Å². The van der Waals surface area contributed by atoms with E-state index in [4.69, 9.17) is 10.6 Å². The van der Waals surface area contributed by atoms with Gasteiger partial charge in [-0.25, -0.2) is 0 Å². The van der Waals surface area contributed by atoms with E-state index in [1.807, 2.05) is 44.2 Å². The number of aromatic nitrogens is 1. The molecule has 0 atom stereocenters. The molecule has 1 aromatic heterocycles. The van der Waals surface area contributed by atoms with Gasteiger partial charge in [-0.2, -0.15) is 0 Å². The average Bonchev–Trinajstić information content (AvgIpc) is 2.48. The second-order valence-corrected chi connectivity index (χ2v) is 5.56. The molecule has 0 aliphatic carbocycles. The molecule has 0 saturated heterocycles. The van der Waals surface area contributed by atoms with Crippen LogP contribution in [0, 0.1) is 5.92 Å². The number of nitrogens with two attached hydrogens (primary N) is 1. The molecule has 22 heavy (non-hydrogen) atoms. The van der Waals surface area contributed by atoms with Crippen LogP contribution in [-0.2, 0) is 6.61 Å². The van der Waals surface area contributed by atoms with Gasteiger partial charge in [-0.05, 0) is 11.5 Å². The van der Waals surface area contributed by atoms with E-state index in [0.717, 1.165) is 10.2 Å². The minimum Gasteiger partial charge on any atom is -0.483 e. The number of ketones is 1. The van der Waals surface area contributed by atoms with E-state index in [2.05, 4.69) is 0 Å². The first-order valence-corrected chi connectivity index (χ1v) is 7.19. The molecule has 0 aliphatic rings. The van der Waals surface area contributed by atoms with Gasteiger partial charge in [-0.15, -0.1) is 0 Å². The molecule has 2 rings (SSSR count). The van der Waals surface area contributed by atoms with Gasteiger partial charge in [-0.3, -0.25) is 14.3 Å². The summed E-state index contributed by atoms with van der Waals surface area (Å²) in [5, 5.41) is 0. The van der Waals surface area contributed by atoms with Crippen molar-refractivity contribution in [3.63, 3.8) is 0 Å². The van der Waals surface area contributed by atoms with Crippen molar-refractivity contribution in [2.24, 2.45) is 5.92 Å². The van der Waals surface area contributed by atoms with Crippen LogP contribution in [0.3, 0.4) is 0 Å². The molecule has 2 aromatic rings. The highest BCUT2D eigenvalue weighted by Crippen LogP contribution is 2.18. The summed E-state index contributed by atoms with van der Waals surface area (Å²) in [5.41, 5.74) is 0.693. The maximum Gasteiger partial charge on any atom is 0.224 e. The Morgan fingerprint density at radius 1 is 1.23 bits per heavy atom. The Bertz CT molecular complexity index is 706. The lowest BCUT2D eigenvalue weighted by molar-refractivity contribution is 0.0954. The van der Waals surface area contributed by atoms with Crippen LogP contribution in [-0.4, -0.2) is 10.5 Å². The number of ether oxygens (including phenoxy) is 1. The molecule has 0 radical (unpaired) electrons. The number of Topliss-reactive ketones (excluding diaryl/α,β-unsaturated/α-hetero) is 1. The van der Waals surface area contributed by atoms with Gasteiger partial charge < -0.3 is 10.6 Å². The standard InChI is InChI=1S/C17H20N2O3/c1-12(2)10-15(21)16-17(14(20)8-9-19(16)18)22-11-13-6-4-3-5-7-13/h3-9,12H,10-11,18H2,1-2H3. The predicted octanol–water partition coefficient (Wildman–Crippen LogP) is 2.37. The predicted molar refractivity (Wildman–Crippen MR) is 85.4 cm³/mol. The van der Waals surface area contributed by atoms with E-state index in [1.54, 1.807) is 0 Å². The zero-order chi connectivity index (χ0) is 16.1. The lowest BCUT2D eigenvalue weighted by Crippen LogP contribution is -2.25. The van der Waals surface area contributed by atoms with Crippen LogP contribution in [0.5, 0.6) is 5.75 Å². The van der Waals surface area contributed by atoms with Crippen molar-refractivity contribution in [3.05, 3.63) is 64.1 Å². The molecule has 0 spiro atoms. The molecule has 5 heteroatoms. The molecule has 0 unspecified atom stereocenters. The SMILES string of the molecule is CC(C)CC(=O)c1c(OCc2ccccc2)c(=O)ccn1N. The van der Waals surface area contributed by atoms with Crippen LogP contribution < -0.4 is 16.0 Å². The van der Waals surface area contributed by atoms with Crippen molar-refractivity contribution in [3.8, 4) is 5.75 Å². The van der Waals surface area contributed by atoms with E-state index in [0.29, 0.717) is 6.42 Å². The number of hydrogen-bond donors (Lipinski definition) is 1. The summed E-state index contributed by atoms with van der Waals surface area (Å²) in [6.45, 7) is 4.08. The van der Waals surface area contributed by atoms with Crippen LogP contribution in [0.2, 0.25) is 0 Å². The molecule has 1 aromatic carbocycles. The Morgan fingerprint density at radius 3 is 2.55 bits per heavy atom. The highest BCUT2D eigenvalue weighted by Gasteiger charge is 2.20. The first-order valence-electron chi connectivity index (χ1n) is 7.19. The van der Waals surface area contributed by atoms with Crippen LogP contribution in [0.4, 0.5) is 0 Å². The largest absolute Gasteiger partial charge is 0.483 e. The summed E-state index contributed by atoms with van der Waals surface area (Å²) >= 11 is 0. The molecule has 2 N–H and O–H groups in total. The molecule has 0 saturated carbocycles. The molecular formula is C17H20N2O3. The number of hydrogen-bond acceptors (Lipinski definition) is 4. The number of benzene rings is 1. The number of pyridine rings is 1. The molecule has 0 amide bonds. The Hall–Kier alpha value is -2.56. The van der Waals surface area contributed by atoms with E-state index in [-0.39, 0.29) is 35.2 Å². The van der Waals surface area contributed by atoms with E-state index in [1.165, 1.54) is 12.3 Å². The normalized spacial score (nSPS) is 10.7. The Kier molecular flexibility index (Phi) is 4.99. The van der Waals surface area contributed by atoms with Crippen molar-refractivity contribution in [2.75, 3.05) is 5.84 Å². The van der Waals surface area contributed by atoms with E-state index in [9.17, 15) is 9.59 Å². The van der Waals surface area contributed by atoms with Crippen molar-refractivity contribution >= 4 is 5.78 Å². The van der Waals surface area contributed by atoms with Crippen molar-refractivity contribution < 1.29 is 9.53 Å². The van der Waals surface area contributed by atoms with Crippen LogP contribution in [0.1, 0.15) is 36.3 Å². The summed E-state index contributed by atoms with van der Waals surface area (Å²) in [4.78, 5) is 24.4. The van der Waals surface area contributed by atoms with Gasteiger partial charge in [0.05, 0.1) is 0 Å². The number of nitrogen functional groups attached to an aromatic ring is 1. The van der Waals surface area contributed by atoms with Gasteiger partial charge in [0.2, 0.25) is 5.43 Å². The molecule has 116 valence electrons. The van der Waals surface area contributed by atoms with E-state index < -0.39 is 0 Å². The molecular weight excluding hydrogens is 280 g/mol. The Balaban J connectivity index is 2.31. The average molecular weight is 300 g/mol. The zero-order valence-electron chi connectivity index (χ0n) is 12.8. The molecule has 1 heterocycles. The smallest absolute Gasteiger partial charge is 0.224 e.